The van der Waals surface area contributed by atoms with Crippen molar-refractivity contribution in [2.24, 2.45) is 0 Å². The van der Waals surface area contributed by atoms with Crippen LogP contribution in [0.15, 0.2) is 24.3 Å². The van der Waals surface area contributed by atoms with Crippen LogP contribution in [0.5, 0.6) is 0 Å². The normalized spacial score (nSPS) is 37.0. The third kappa shape index (κ3) is 2.10. The molecule has 110 valence electrons. The summed E-state index contributed by atoms with van der Waals surface area (Å²) in [7, 11) is 0. The van der Waals surface area contributed by atoms with E-state index in [2.05, 4.69) is 0 Å². The molecular weight excluding hydrogens is 262 g/mol. The fourth-order valence-electron chi connectivity index (χ4n) is 2.97. The molecule has 5 atom stereocenters. The Morgan fingerprint density at radius 2 is 1.85 bits per heavy atom. The van der Waals surface area contributed by atoms with Crippen molar-refractivity contribution in [3.63, 3.8) is 0 Å². The Hall–Kier alpha value is -1.18. The first-order valence-electron chi connectivity index (χ1n) is 6.78. The van der Waals surface area contributed by atoms with E-state index in [1.54, 1.807) is 0 Å². The van der Waals surface area contributed by atoms with Gasteiger partial charge in [-0.25, -0.2) is 0 Å². The average molecular weight is 281 g/mol. The van der Waals surface area contributed by atoms with E-state index < -0.39 is 37.3 Å². The summed E-state index contributed by atoms with van der Waals surface area (Å²) in [5.41, 5.74) is 2.11. The molecule has 0 spiro atoms. The zero-order chi connectivity index (χ0) is 14.3. The summed E-state index contributed by atoms with van der Waals surface area (Å²) >= 11 is 0. The molecule has 20 heavy (non-hydrogen) atoms. The van der Waals surface area contributed by atoms with Crippen molar-refractivity contribution < 1.29 is 25.2 Å². The molecule has 0 radical (unpaired) electrons. The number of hydrogen-bond acceptors (Lipinski definition) is 6. The summed E-state index contributed by atoms with van der Waals surface area (Å²) in [6.07, 6.45) is -4.67. The molecule has 1 aromatic carbocycles. The number of anilines is 1. The highest BCUT2D eigenvalue weighted by Crippen LogP contribution is 2.33. The van der Waals surface area contributed by atoms with E-state index in [-0.39, 0.29) is 0 Å². The van der Waals surface area contributed by atoms with Crippen LogP contribution in [0.2, 0.25) is 0 Å². The predicted molar refractivity (Wildman–Crippen MR) is 71.3 cm³/mol. The van der Waals surface area contributed by atoms with Crippen LogP contribution < -0.4 is 4.90 Å². The lowest BCUT2D eigenvalue weighted by atomic mass is 9.97. The summed E-state index contributed by atoms with van der Waals surface area (Å²) in [6.45, 7) is 0.263. The molecular formula is C14H19NO5. The van der Waals surface area contributed by atoms with Crippen LogP contribution in [0.1, 0.15) is 5.56 Å². The Labute approximate surface area is 116 Å². The van der Waals surface area contributed by atoms with Gasteiger partial charge in [-0.15, -0.1) is 0 Å². The lowest BCUT2D eigenvalue weighted by Gasteiger charge is -2.44. The van der Waals surface area contributed by atoms with Crippen LogP contribution in [0.3, 0.4) is 0 Å². The van der Waals surface area contributed by atoms with E-state index in [0.29, 0.717) is 6.54 Å². The zero-order valence-electron chi connectivity index (χ0n) is 11.0. The lowest BCUT2D eigenvalue weighted by molar-refractivity contribution is -0.228. The topological polar surface area (TPSA) is 93.4 Å². The SMILES string of the molecule is OC[C@H]1O[C@H](N2CCc3ccccc32)[C@@H](O)[C@@H](O)[C@@H]1O. The van der Waals surface area contributed by atoms with Gasteiger partial charge < -0.3 is 30.1 Å². The number of fused-ring (bicyclic) bond motifs is 1. The molecule has 0 saturated carbocycles. The van der Waals surface area contributed by atoms with Gasteiger partial charge in [0.25, 0.3) is 0 Å². The smallest absolute Gasteiger partial charge is 0.159 e. The van der Waals surface area contributed by atoms with E-state index in [4.69, 9.17) is 4.74 Å². The fourth-order valence-corrected chi connectivity index (χ4v) is 2.97. The molecule has 2 aliphatic rings. The molecule has 2 aliphatic heterocycles. The van der Waals surface area contributed by atoms with Gasteiger partial charge in [-0.3, -0.25) is 0 Å². The molecule has 0 unspecified atom stereocenters. The van der Waals surface area contributed by atoms with E-state index in [9.17, 15) is 20.4 Å². The minimum absolute atomic E-state index is 0.406. The number of benzene rings is 1. The number of hydrogen-bond donors (Lipinski definition) is 4. The molecule has 1 aromatic rings. The van der Waals surface area contributed by atoms with Crippen molar-refractivity contribution in [3.8, 4) is 0 Å². The molecule has 1 saturated heterocycles. The monoisotopic (exact) mass is 281 g/mol. The number of aliphatic hydroxyl groups excluding tert-OH is 4. The van der Waals surface area contributed by atoms with Crippen LogP contribution >= 0.6 is 0 Å². The molecule has 0 amide bonds. The molecule has 2 heterocycles. The highest BCUT2D eigenvalue weighted by Gasteiger charge is 2.46. The number of para-hydroxylation sites is 1. The first kappa shape index (κ1) is 13.8. The Kier molecular flexibility index (Phi) is 3.66. The highest BCUT2D eigenvalue weighted by atomic mass is 16.6. The minimum atomic E-state index is -1.33. The Morgan fingerprint density at radius 1 is 1.10 bits per heavy atom. The van der Waals surface area contributed by atoms with Gasteiger partial charge in [-0.2, -0.15) is 0 Å². The maximum absolute atomic E-state index is 10.1. The number of aliphatic hydroxyl groups is 4. The van der Waals surface area contributed by atoms with Gasteiger partial charge in [0.15, 0.2) is 6.23 Å². The summed E-state index contributed by atoms with van der Waals surface area (Å²) in [6, 6.07) is 7.81. The van der Waals surface area contributed by atoms with Crippen LogP contribution in [0, 0.1) is 0 Å². The summed E-state index contributed by atoms with van der Waals surface area (Å²) in [4.78, 5) is 1.87. The van der Waals surface area contributed by atoms with E-state index in [0.717, 1.165) is 17.7 Å². The quantitative estimate of drug-likeness (QED) is 0.547. The second-order valence-electron chi connectivity index (χ2n) is 5.29. The average Bonchev–Trinajstić information content (AvgIpc) is 2.89. The number of nitrogens with zero attached hydrogens (tertiary/aromatic N) is 1. The van der Waals surface area contributed by atoms with Gasteiger partial charge in [0.2, 0.25) is 0 Å². The predicted octanol–water partition coefficient (Wildman–Crippen LogP) is -1.15. The van der Waals surface area contributed by atoms with Crippen molar-refractivity contribution in [1.29, 1.82) is 0 Å². The minimum Gasteiger partial charge on any atom is -0.394 e. The summed E-state index contributed by atoms with van der Waals surface area (Å²) < 4.78 is 5.59. The number of ether oxygens (including phenoxy) is 1. The molecule has 1 fully saturated rings. The standard InChI is InChI=1S/C14H19NO5/c16-7-10-11(17)12(18)13(19)14(20-10)15-6-5-8-3-1-2-4-9(8)15/h1-4,10-14,16-19H,5-7H2/t10-,11-,12+,13+,14+/m1/s1. The summed E-state index contributed by atoms with van der Waals surface area (Å²) in [5, 5.41) is 39.0. The molecule has 4 N–H and O–H groups in total. The first-order chi connectivity index (χ1) is 9.63. The second kappa shape index (κ2) is 5.31. The molecule has 6 heteroatoms. The largest absolute Gasteiger partial charge is 0.394 e. The van der Waals surface area contributed by atoms with Crippen LogP contribution in [0.25, 0.3) is 0 Å². The van der Waals surface area contributed by atoms with E-state index in [1.807, 2.05) is 29.2 Å². The Bertz CT molecular complexity index is 480. The highest BCUT2D eigenvalue weighted by molar-refractivity contribution is 5.58. The van der Waals surface area contributed by atoms with E-state index in [1.165, 1.54) is 0 Å². The third-order valence-electron chi connectivity index (χ3n) is 4.10. The van der Waals surface area contributed by atoms with Gasteiger partial charge in [0.1, 0.15) is 24.4 Å². The first-order valence-corrected chi connectivity index (χ1v) is 6.78. The van der Waals surface area contributed by atoms with Crippen molar-refractivity contribution in [1.82, 2.24) is 0 Å². The molecule has 0 aliphatic carbocycles. The molecule has 0 aromatic heterocycles. The Balaban J connectivity index is 1.87. The van der Waals surface area contributed by atoms with Crippen LogP contribution in [0.4, 0.5) is 5.69 Å². The van der Waals surface area contributed by atoms with Gasteiger partial charge in [-0.05, 0) is 18.1 Å². The van der Waals surface area contributed by atoms with Gasteiger partial charge >= 0.3 is 0 Å². The maximum Gasteiger partial charge on any atom is 0.159 e. The lowest BCUT2D eigenvalue weighted by Crippen LogP contribution is -2.63. The van der Waals surface area contributed by atoms with Crippen molar-refractivity contribution in [2.45, 2.75) is 37.1 Å². The second-order valence-corrected chi connectivity index (χ2v) is 5.29. The summed E-state index contributed by atoms with van der Waals surface area (Å²) in [5.74, 6) is 0. The molecule has 0 bridgehead atoms. The van der Waals surface area contributed by atoms with Crippen molar-refractivity contribution in [2.75, 3.05) is 18.1 Å². The van der Waals surface area contributed by atoms with Crippen LogP contribution in [-0.2, 0) is 11.2 Å². The van der Waals surface area contributed by atoms with Crippen molar-refractivity contribution >= 4 is 5.69 Å². The van der Waals surface area contributed by atoms with Crippen LogP contribution in [-0.4, -0.2) is 64.2 Å². The number of rotatable bonds is 2. The third-order valence-corrected chi connectivity index (χ3v) is 4.10. The van der Waals surface area contributed by atoms with E-state index >= 15 is 0 Å². The van der Waals surface area contributed by atoms with Gasteiger partial charge in [0, 0.05) is 12.2 Å². The fraction of sp³-hybridized carbons (Fsp3) is 0.571. The van der Waals surface area contributed by atoms with Gasteiger partial charge in [0.05, 0.1) is 6.61 Å². The Morgan fingerprint density at radius 3 is 2.60 bits per heavy atom. The molecule has 3 rings (SSSR count). The van der Waals surface area contributed by atoms with Crippen molar-refractivity contribution in [3.05, 3.63) is 29.8 Å². The van der Waals surface area contributed by atoms with Gasteiger partial charge in [-0.1, -0.05) is 18.2 Å². The zero-order valence-corrected chi connectivity index (χ0v) is 11.0. The maximum atomic E-state index is 10.1. The molecule has 6 nitrogen and oxygen atoms in total.